The molecular weight excluding hydrogens is 400 g/mol. The maximum Gasteiger partial charge on any atom is 0.263 e. The third kappa shape index (κ3) is 3.98. The lowest BCUT2D eigenvalue weighted by Crippen LogP contribution is -2.52. The van der Waals surface area contributed by atoms with Crippen LogP contribution in [0.1, 0.15) is 6.92 Å². The van der Waals surface area contributed by atoms with Gasteiger partial charge >= 0.3 is 0 Å². The van der Waals surface area contributed by atoms with Gasteiger partial charge in [-0.2, -0.15) is 0 Å². The van der Waals surface area contributed by atoms with Gasteiger partial charge < -0.3 is 28.4 Å². The Morgan fingerprint density at radius 2 is 1.87 bits per heavy atom. The number of anilines is 1. The summed E-state index contributed by atoms with van der Waals surface area (Å²) < 4.78 is 21.9. The first-order valence-corrected chi connectivity index (χ1v) is 10.1. The largest absolute Gasteiger partial charge is 0.481 e. The van der Waals surface area contributed by atoms with Gasteiger partial charge in [0.25, 0.3) is 5.91 Å². The van der Waals surface area contributed by atoms with E-state index >= 15 is 0 Å². The molecule has 0 unspecified atom stereocenters. The van der Waals surface area contributed by atoms with Gasteiger partial charge in [-0.25, -0.2) is 0 Å². The maximum atomic E-state index is 12.8. The number of piperazine rings is 1. The van der Waals surface area contributed by atoms with Gasteiger partial charge in [0, 0.05) is 32.2 Å². The molecule has 1 amide bonds. The fourth-order valence-electron chi connectivity index (χ4n) is 3.67. The summed E-state index contributed by atoms with van der Waals surface area (Å²) in [5, 5.41) is 8.56. The summed E-state index contributed by atoms with van der Waals surface area (Å²) >= 11 is 0. The number of amides is 1. The Bertz CT molecular complexity index is 1050. The van der Waals surface area contributed by atoms with E-state index < -0.39 is 6.10 Å². The maximum absolute atomic E-state index is 12.8. The van der Waals surface area contributed by atoms with Gasteiger partial charge in [-0.15, -0.1) is 10.2 Å². The summed E-state index contributed by atoms with van der Waals surface area (Å²) in [6.07, 6.45) is 1.01. The highest BCUT2D eigenvalue weighted by Crippen LogP contribution is 2.35. The number of carbonyl (C=O) groups is 1. The van der Waals surface area contributed by atoms with Crippen molar-refractivity contribution in [2.45, 2.75) is 13.0 Å². The first kappa shape index (κ1) is 19.2. The average molecular weight is 422 g/mol. The Hall–Kier alpha value is -3.75. The van der Waals surface area contributed by atoms with Crippen LogP contribution in [-0.2, 0) is 4.79 Å². The molecule has 0 radical (unpaired) electrons. The van der Waals surface area contributed by atoms with Crippen molar-refractivity contribution in [2.24, 2.45) is 0 Å². The minimum Gasteiger partial charge on any atom is -0.481 e. The molecule has 0 spiro atoms. The van der Waals surface area contributed by atoms with Gasteiger partial charge in [0.2, 0.25) is 6.79 Å². The summed E-state index contributed by atoms with van der Waals surface area (Å²) in [6, 6.07) is 12.8. The lowest BCUT2D eigenvalue weighted by molar-refractivity contribution is -0.138. The highest BCUT2D eigenvalue weighted by Gasteiger charge is 2.27. The van der Waals surface area contributed by atoms with Crippen molar-refractivity contribution in [3.05, 3.63) is 48.7 Å². The molecule has 2 aliphatic rings. The van der Waals surface area contributed by atoms with E-state index in [4.69, 9.17) is 18.6 Å². The molecule has 0 N–H and O–H groups in total. The second-order valence-corrected chi connectivity index (χ2v) is 7.34. The number of hydrogen-bond donors (Lipinski definition) is 0. The molecular formula is C22H22N4O5. The van der Waals surface area contributed by atoms with Gasteiger partial charge in [0.1, 0.15) is 11.4 Å². The predicted octanol–water partition coefficient (Wildman–Crippen LogP) is 2.58. The summed E-state index contributed by atoms with van der Waals surface area (Å²) in [4.78, 5) is 16.8. The molecule has 3 aromatic rings. The van der Waals surface area contributed by atoms with E-state index in [0.717, 1.165) is 5.82 Å². The Balaban J connectivity index is 1.16. The molecule has 9 nitrogen and oxygen atoms in total. The SMILES string of the molecule is C[C@@H](Oc1ccc2c(c1)OCO2)C(=O)N1CCN(c2ccc(-c3ccco3)nn2)CC1. The molecule has 9 heteroatoms. The number of carbonyl (C=O) groups excluding carboxylic acids is 1. The van der Waals surface area contributed by atoms with Crippen LogP contribution in [0.3, 0.4) is 0 Å². The van der Waals surface area contributed by atoms with Gasteiger partial charge in [-0.05, 0) is 43.3 Å². The lowest BCUT2D eigenvalue weighted by Gasteiger charge is -2.36. The zero-order valence-corrected chi connectivity index (χ0v) is 17.1. The molecule has 4 heterocycles. The first-order valence-electron chi connectivity index (χ1n) is 10.1. The summed E-state index contributed by atoms with van der Waals surface area (Å²) in [7, 11) is 0. The van der Waals surface area contributed by atoms with Gasteiger partial charge in [-0.1, -0.05) is 0 Å². The zero-order valence-electron chi connectivity index (χ0n) is 17.1. The highest BCUT2D eigenvalue weighted by molar-refractivity contribution is 5.81. The zero-order chi connectivity index (χ0) is 21.2. The minimum absolute atomic E-state index is 0.0448. The van der Waals surface area contributed by atoms with Crippen molar-refractivity contribution in [3.63, 3.8) is 0 Å². The van der Waals surface area contributed by atoms with Crippen LogP contribution in [0.2, 0.25) is 0 Å². The Labute approximate surface area is 179 Å². The fourth-order valence-corrected chi connectivity index (χ4v) is 3.67. The smallest absolute Gasteiger partial charge is 0.263 e. The van der Waals surface area contributed by atoms with Crippen molar-refractivity contribution in [1.29, 1.82) is 0 Å². The van der Waals surface area contributed by atoms with Crippen LogP contribution < -0.4 is 19.1 Å². The Morgan fingerprint density at radius 1 is 1.03 bits per heavy atom. The molecule has 0 bridgehead atoms. The Morgan fingerprint density at radius 3 is 2.61 bits per heavy atom. The van der Waals surface area contributed by atoms with E-state index in [1.807, 2.05) is 29.2 Å². The van der Waals surface area contributed by atoms with Crippen molar-refractivity contribution in [1.82, 2.24) is 15.1 Å². The molecule has 0 saturated carbocycles. The first-order chi connectivity index (χ1) is 15.2. The van der Waals surface area contributed by atoms with Crippen LogP contribution in [0.15, 0.2) is 53.1 Å². The second-order valence-electron chi connectivity index (χ2n) is 7.34. The van der Waals surface area contributed by atoms with Crippen LogP contribution in [0.25, 0.3) is 11.5 Å². The number of nitrogens with zero attached hydrogens (tertiary/aromatic N) is 4. The molecule has 2 aromatic heterocycles. The van der Waals surface area contributed by atoms with E-state index in [1.165, 1.54) is 0 Å². The normalized spacial score (nSPS) is 16.3. The summed E-state index contributed by atoms with van der Waals surface area (Å²) in [5.41, 5.74) is 0.692. The highest BCUT2D eigenvalue weighted by atomic mass is 16.7. The van der Waals surface area contributed by atoms with Crippen LogP contribution in [0.4, 0.5) is 5.82 Å². The summed E-state index contributed by atoms with van der Waals surface area (Å²) in [6.45, 7) is 4.50. The molecule has 2 aliphatic heterocycles. The monoisotopic (exact) mass is 422 g/mol. The van der Waals surface area contributed by atoms with Gasteiger partial charge in [-0.3, -0.25) is 4.79 Å². The number of aromatic nitrogens is 2. The van der Waals surface area contributed by atoms with Crippen molar-refractivity contribution in [3.8, 4) is 28.7 Å². The molecule has 5 rings (SSSR count). The molecule has 1 fully saturated rings. The molecule has 160 valence electrons. The molecule has 1 aromatic carbocycles. The number of ether oxygens (including phenoxy) is 3. The van der Waals surface area contributed by atoms with Crippen LogP contribution in [0, 0.1) is 0 Å². The van der Waals surface area contributed by atoms with E-state index in [2.05, 4.69) is 15.1 Å². The van der Waals surface area contributed by atoms with Gasteiger partial charge in [0.15, 0.2) is 29.2 Å². The summed E-state index contributed by atoms with van der Waals surface area (Å²) in [5.74, 6) is 3.32. The standard InChI is InChI=1S/C22H22N4O5/c1-15(31-16-4-6-19-20(13-16)30-14-29-19)22(27)26-10-8-25(9-11-26)21-7-5-17(23-24-21)18-3-2-12-28-18/h2-7,12-13,15H,8-11,14H2,1H3/t15-/m1/s1. The number of furan rings is 1. The number of rotatable bonds is 5. The number of hydrogen-bond acceptors (Lipinski definition) is 8. The third-order valence-corrected chi connectivity index (χ3v) is 5.34. The fraction of sp³-hybridized carbons (Fsp3) is 0.318. The van der Waals surface area contributed by atoms with Crippen molar-refractivity contribution < 1.29 is 23.4 Å². The molecule has 1 atom stereocenters. The molecule has 31 heavy (non-hydrogen) atoms. The van der Waals surface area contributed by atoms with Crippen molar-refractivity contribution >= 4 is 11.7 Å². The van der Waals surface area contributed by atoms with E-state index in [-0.39, 0.29) is 12.7 Å². The van der Waals surface area contributed by atoms with Crippen LogP contribution in [-0.4, -0.2) is 60.1 Å². The number of fused-ring (bicyclic) bond motifs is 1. The van der Waals surface area contributed by atoms with Crippen LogP contribution in [0.5, 0.6) is 17.2 Å². The van der Waals surface area contributed by atoms with E-state index in [0.29, 0.717) is 54.9 Å². The van der Waals surface area contributed by atoms with Crippen LogP contribution >= 0.6 is 0 Å². The third-order valence-electron chi connectivity index (χ3n) is 5.34. The van der Waals surface area contributed by atoms with E-state index in [9.17, 15) is 4.79 Å². The predicted molar refractivity (Wildman–Crippen MR) is 111 cm³/mol. The number of benzene rings is 1. The molecule has 1 saturated heterocycles. The topological polar surface area (TPSA) is 90.2 Å². The van der Waals surface area contributed by atoms with E-state index in [1.54, 1.807) is 31.4 Å². The van der Waals surface area contributed by atoms with Gasteiger partial charge in [0.05, 0.1) is 6.26 Å². The van der Waals surface area contributed by atoms with Crippen molar-refractivity contribution in [2.75, 3.05) is 37.9 Å². The quantitative estimate of drug-likeness (QED) is 0.620. The minimum atomic E-state index is -0.598. The Kier molecular flexibility index (Phi) is 5.07. The second kappa shape index (κ2) is 8.17. The molecule has 0 aliphatic carbocycles. The lowest BCUT2D eigenvalue weighted by atomic mass is 10.2. The average Bonchev–Trinajstić information content (AvgIpc) is 3.51.